The van der Waals surface area contributed by atoms with Gasteiger partial charge >= 0.3 is 0 Å². The summed E-state index contributed by atoms with van der Waals surface area (Å²) in [5.74, 6) is 0.504. The van der Waals surface area contributed by atoms with E-state index in [1.807, 2.05) is 0 Å². The number of nitro benzene ring substituents is 1. The second-order valence-corrected chi connectivity index (χ2v) is 5.99. The van der Waals surface area contributed by atoms with Crippen LogP contribution in [0.5, 0.6) is 0 Å². The van der Waals surface area contributed by atoms with Crippen molar-refractivity contribution in [2.45, 2.75) is 64.8 Å². The van der Waals surface area contributed by atoms with Crippen LogP contribution in [0.2, 0.25) is 0 Å². The molecule has 0 N–H and O–H groups in total. The average molecular weight is 331 g/mol. The molecule has 1 aromatic carbocycles. The van der Waals surface area contributed by atoms with Crippen LogP contribution in [0.1, 0.15) is 58.3 Å². The average Bonchev–Trinajstić information content (AvgIpc) is 3.06. The van der Waals surface area contributed by atoms with Crippen LogP contribution in [0, 0.1) is 10.1 Å². The summed E-state index contributed by atoms with van der Waals surface area (Å²) in [4.78, 5) is 11.8. The topological polar surface area (TPSA) is 86.7 Å². The van der Waals surface area contributed by atoms with Crippen LogP contribution in [-0.2, 0) is 6.54 Å². The zero-order chi connectivity index (χ0) is 17.2. The number of rotatable bonds is 11. The smallest absolute Gasteiger partial charge is 0.258 e. The highest BCUT2D eigenvalue weighted by Gasteiger charge is 2.09. The molecule has 0 aliphatic carbocycles. The first kappa shape index (κ1) is 18.0. The molecule has 2 aromatic rings. The summed E-state index contributed by atoms with van der Waals surface area (Å²) in [7, 11) is 0. The van der Waals surface area contributed by atoms with Gasteiger partial charge in [-0.05, 0) is 23.8 Å². The standard InChI is InChI=1S/C17H25N5O2/c1-2-3-4-5-6-7-8-9-14-21-19-17(18-20-21)15-10-12-16(13-11-15)22(23)24/h10-13H,2-9,14H2,1H3. The molecule has 0 saturated heterocycles. The van der Waals surface area contributed by atoms with Crippen LogP contribution in [0.15, 0.2) is 24.3 Å². The van der Waals surface area contributed by atoms with Gasteiger partial charge in [0.05, 0.1) is 11.5 Å². The van der Waals surface area contributed by atoms with E-state index in [-0.39, 0.29) is 5.69 Å². The van der Waals surface area contributed by atoms with Crippen LogP contribution in [-0.4, -0.2) is 25.1 Å². The van der Waals surface area contributed by atoms with Crippen molar-refractivity contribution in [2.24, 2.45) is 0 Å². The van der Waals surface area contributed by atoms with E-state index >= 15 is 0 Å². The summed E-state index contributed by atoms with van der Waals surface area (Å²) in [6, 6.07) is 6.20. The molecule has 7 heteroatoms. The number of hydrogen-bond donors (Lipinski definition) is 0. The summed E-state index contributed by atoms with van der Waals surface area (Å²) < 4.78 is 0. The number of benzene rings is 1. The van der Waals surface area contributed by atoms with E-state index < -0.39 is 4.92 Å². The van der Waals surface area contributed by atoms with Crippen molar-refractivity contribution in [2.75, 3.05) is 0 Å². The molecule has 0 atom stereocenters. The fourth-order valence-electron chi connectivity index (χ4n) is 2.57. The Bertz CT molecular complexity index is 624. The number of aromatic nitrogens is 4. The highest BCUT2D eigenvalue weighted by molar-refractivity contribution is 5.56. The maximum atomic E-state index is 10.7. The van der Waals surface area contributed by atoms with Gasteiger partial charge in [-0.15, -0.1) is 10.2 Å². The molecule has 0 spiro atoms. The van der Waals surface area contributed by atoms with E-state index in [1.165, 1.54) is 57.1 Å². The summed E-state index contributed by atoms with van der Waals surface area (Å²) in [5, 5.41) is 23.1. The van der Waals surface area contributed by atoms with Crippen LogP contribution in [0.4, 0.5) is 5.69 Å². The predicted molar refractivity (Wildman–Crippen MR) is 92.5 cm³/mol. The third kappa shape index (κ3) is 5.72. The number of nitro groups is 1. The predicted octanol–water partition coefficient (Wildman–Crippen LogP) is 4.39. The highest BCUT2D eigenvalue weighted by atomic mass is 16.6. The first-order chi connectivity index (χ1) is 11.7. The van der Waals surface area contributed by atoms with Crippen molar-refractivity contribution in [3.05, 3.63) is 34.4 Å². The van der Waals surface area contributed by atoms with Crippen LogP contribution in [0.3, 0.4) is 0 Å². The zero-order valence-electron chi connectivity index (χ0n) is 14.2. The Morgan fingerprint density at radius 3 is 2.25 bits per heavy atom. The molecule has 0 saturated carbocycles. The monoisotopic (exact) mass is 331 g/mol. The lowest BCUT2D eigenvalue weighted by Crippen LogP contribution is -2.02. The summed E-state index contributed by atoms with van der Waals surface area (Å²) in [5.41, 5.74) is 0.799. The third-order valence-corrected chi connectivity index (χ3v) is 4.00. The lowest BCUT2D eigenvalue weighted by molar-refractivity contribution is -0.384. The number of hydrogen-bond acceptors (Lipinski definition) is 5. The third-order valence-electron chi connectivity index (χ3n) is 4.00. The molecular formula is C17H25N5O2. The Labute approximate surface area is 142 Å². The lowest BCUT2D eigenvalue weighted by Gasteiger charge is -2.01. The number of aryl methyl sites for hydroxylation is 1. The molecule has 1 aromatic heterocycles. The van der Waals surface area contributed by atoms with Crippen molar-refractivity contribution in [3.63, 3.8) is 0 Å². The van der Waals surface area contributed by atoms with Gasteiger partial charge in [-0.3, -0.25) is 10.1 Å². The molecule has 2 rings (SSSR count). The van der Waals surface area contributed by atoms with Crippen molar-refractivity contribution < 1.29 is 4.92 Å². The maximum absolute atomic E-state index is 10.7. The number of tetrazole rings is 1. The number of nitrogens with zero attached hydrogens (tertiary/aromatic N) is 5. The lowest BCUT2D eigenvalue weighted by atomic mass is 10.1. The van der Waals surface area contributed by atoms with Gasteiger partial charge < -0.3 is 0 Å². The summed E-state index contributed by atoms with van der Waals surface area (Å²) in [6.07, 6.45) is 10.1. The van der Waals surface area contributed by atoms with E-state index in [0.717, 1.165) is 18.5 Å². The van der Waals surface area contributed by atoms with Gasteiger partial charge in [-0.25, -0.2) is 0 Å². The quantitative estimate of drug-likeness (QED) is 0.346. The molecule has 7 nitrogen and oxygen atoms in total. The molecule has 130 valence electrons. The molecule has 0 unspecified atom stereocenters. The Balaban J connectivity index is 1.72. The van der Waals surface area contributed by atoms with Crippen LogP contribution < -0.4 is 0 Å². The van der Waals surface area contributed by atoms with Crippen molar-refractivity contribution >= 4 is 5.69 Å². The van der Waals surface area contributed by atoms with Gasteiger partial charge in [0, 0.05) is 17.7 Å². The fourth-order valence-corrected chi connectivity index (χ4v) is 2.57. The van der Waals surface area contributed by atoms with Crippen molar-refractivity contribution in [1.82, 2.24) is 20.2 Å². The Kier molecular flexibility index (Phi) is 7.32. The first-order valence-corrected chi connectivity index (χ1v) is 8.73. The minimum absolute atomic E-state index is 0.0603. The van der Waals surface area contributed by atoms with Gasteiger partial charge in [0.15, 0.2) is 0 Å². The van der Waals surface area contributed by atoms with Gasteiger partial charge in [0.2, 0.25) is 5.82 Å². The molecule has 0 bridgehead atoms. The molecule has 0 fully saturated rings. The highest BCUT2D eigenvalue weighted by Crippen LogP contribution is 2.18. The van der Waals surface area contributed by atoms with Gasteiger partial charge in [0.25, 0.3) is 5.69 Å². The van der Waals surface area contributed by atoms with Gasteiger partial charge in [-0.1, -0.05) is 51.9 Å². The normalized spacial score (nSPS) is 10.9. The molecule has 0 aliphatic heterocycles. The van der Waals surface area contributed by atoms with Crippen molar-refractivity contribution in [1.29, 1.82) is 0 Å². The molecule has 1 heterocycles. The van der Waals surface area contributed by atoms with E-state index in [4.69, 9.17) is 0 Å². The second-order valence-electron chi connectivity index (χ2n) is 5.99. The minimum Gasteiger partial charge on any atom is -0.258 e. The van der Waals surface area contributed by atoms with Crippen LogP contribution >= 0.6 is 0 Å². The molecule has 0 aliphatic rings. The first-order valence-electron chi connectivity index (χ1n) is 8.73. The van der Waals surface area contributed by atoms with Gasteiger partial charge in [0.1, 0.15) is 0 Å². The minimum atomic E-state index is -0.420. The fraction of sp³-hybridized carbons (Fsp3) is 0.588. The van der Waals surface area contributed by atoms with E-state index in [0.29, 0.717) is 5.82 Å². The van der Waals surface area contributed by atoms with E-state index in [1.54, 1.807) is 16.9 Å². The Morgan fingerprint density at radius 1 is 1.00 bits per heavy atom. The zero-order valence-corrected chi connectivity index (χ0v) is 14.2. The van der Waals surface area contributed by atoms with Crippen LogP contribution in [0.25, 0.3) is 11.4 Å². The number of non-ortho nitro benzene ring substituents is 1. The van der Waals surface area contributed by atoms with Gasteiger partial charge in [-0.2, -0.15) is 4.80 Å². The molecule has 0 radical (unpaired) electrons. The number of unbranched alkanes of at least 4 members (excludes halogenated alkanes) is 7. The SMILES string of the molecule is CCCCCCCCCCn1nnc(-c2ccc([N+](=O)[O-])cc2)n1. The molecule has 0 amide bonds. The Morgan fingerprint density at radius 2 is 1.62 bits per heavy atom. The maximum Gasteiger partial charge on any atom is 0.269 e. The summed E-state index contributed by atoms with van der Waals surface area (Å²) in [6.45, 7) is 2.99. The van der Waals surface area contributed by atoms with E-state index in [9.17, 15) is 10.1 Å². The largest absolute Gasteiger partial charge is 0.269 e. The Hall–Kier alpha value is -2.31. The second kappa shape index (κ2) is 9.75. The molecular weight excluding hydrogens is 306 g/mol. The summed E-state index contributed by atoms with van der Waals surface area (Å²) >= 11 is 0. The van der Waals surface area contributed by atoms with E-state index in [2.05, 4.69) is 22.3 Å². The molecule has 24 heavy (non-hydrogen) atoms. The van der Waals surface area contributed by atoms with Crippen molar-refractivity contribution in [3.8, 4) is 11.4 Å².